The molecule has 0 amide bonds. The van der Waals surface area contributed by atoms with Gasteiger partial charge in [-0.1, -0.05) is 18.2 Å². The summed E-state index contributed by atoms with van der Waals surface area (Å²) in [4.78, 5) is 44.1. The van der Waals surface area contributed by atoms with Crippen LogP contribution in [0.2, 0.25) is 0 Å². The Kier molecular flexibility index (Phi) is 21.2. The van der Waals surface area contributed by atoms with E-state index in [4.69, 9.17) is 0 Å². The molecule has 2 aliphatic rings. The maximum absolute atomic E-state index is 12.3. The van der Waals surface area contributed by atoms with Crippen LogP contribution >= 0.6 is 0 Å². The smallest absolute Gasteiger partial charge is 0.744 e. The minimum atomic E-state index is -5.24. The molecule has 3 aromatic carbocycles. The van der Waals surface area contributed by atoms with Crippen LogP contribution in [0.25, 0.3) is 12.2 Å². The molecule has 0 heterocycles. The van der Waals surface area contributed by atoms with Crippen molar-refractivity contribution in [1.29, 1.82) is 0 Å². The van der Waals surface area contributed by atoms with Crippen molar-refractivity contribution in [1.82, 2.24) is 0 Å². The van der Waals surface area contributed by atoms with Gasteiger partial charge in [-0.25, -0.2) is 8.42 Å². The molecular weight excluding hydrogens is 872 g/mol. The molecule has 0 bridgehead atoms. The fourth-order valence-corrected chi connectivity index (χ4v) is 6.14. The first-order chi connectivity index (χ1) is 26.3. The Morgan fingerprint density at radius 3 is 1.78 bits per heavy atom. The molecule has 5 rings (SSSR count). The summed E-state index contributed by atoms with van der Waals surface area (Å²) in [6, 6.07) is 11.7. The monoisotopic (exact) mass is 894 g/mol. The Bertz CT molecular complexity index is 2700. The number of carboxylic acid groups (broad SMARTS) is 2. The number of allylic oxidation sites excluding steroid dienone is 6. The number of anilines is 2. The summed E-state index contributed by atoms with van der Waals surface area (Å²) in [6.07, 6.45) is 8.08. The van der Waals surface area contributed by atoms with Gasteiger partial charge in [0, 0.05) is 23.3 Å². The van der Waals surface area contributed by atoms with Gasteiger partial charge in [0.25, 0.3) is 15.8 Å². The molecule has 0 radical (unpaired) electrons. The third-order valence-electron chi connectivity index (χ3n) is 7.41. The average Bonchev–Trinajstić information content (AvgIpc) is 3.13. The predicted molar refractivity (Wildman–Crippen MR) is 187 cm³/mol. The number of carbonyl (C=O) groups is 4. The second kappa shape index (κ2) is 23.3. The molecule has 0 fully saturated rings. The van der Waals surface area contributed by atoms with Gasteiger partial charge in [-0.2, -0.15) is 13.5 Å². The standard InChI is InChI=1S/C34H24N6O14S2.4Na/c41-29-13-9-23(15-27(29)33(43)44)36-35-21-5-7-22(8-6-21)37-39(47)25-11-3-19(31(17-25)55(49,50)51)1-2-20-4-12-26(18-32(20)56(52,53)54)40(48)38-24-10-14-30(42)28(16-24)34(45)46;;;;/h1-18,47-48H,(H4,43,44,45,46,49,50,51,52,53,54);;;;/q;4*+1/p-2/b2-1+,36-23?,38-24?;;;;. The quantitative estimate of drug-likeness (QED) is 0.0192. The predicted octanol–water partition coefficient (Wildman–Crippen LogP) is -11.2. The number of rotatable bonds is 12. The molecule has 0 saturated heterocycles. The molecular formula is C34H22N6Na4O14S2+2. The van der Waals surface area contributed by atoms with Gasteiger partial charge in [0.2, 0.25) is 0 Å². The molecule has 0 saturated carbocycles. The summed E-state index contributed by atoms with van der Waals surface area (Å²) in [5.74, 6) is -5.10. The van der Waals surface area contributed by atoms with Crippen molar-refractivity contribution in [2.45, 2.75) is 9.79 Å². The van der Waals surface area contributed by atoms with E-state index < -0.39 is 64.7 Å². The average molecular weight is 895 g/mol. The number of hydrogen-bond donors (Lipinski definition) is 4. The van der Waals surface area contributed by atoms with E-state index in [9.17, 15) is 65.7 Å². The zero-order valence-electron chi connectivity index (χ0n) is 31.8. The van der Waals surface area contributed by atoms with Gasteiger partial charge in [0.05, 0.1) is 44.7 Å². The fourth-order valence-electron chi connectivity index (χ4n) is 4.74. The Morgan fingerprint density at radius 1 is 0.733 bits per heavy atom. The maximum atomic E-state index is 12.3. The van der Waals surface area contributed by atoms with E-state index in [1.807, 2.05) is 0 Å². The molecule has 2 aliphatic carbocycles. The van der Waals surface area contributed by atoms with Crippen molar-refractivity contribution < 1.29 is 189 Å². The van der Waals surface area contributed by atoms with E-state index in [0.29, 0.717) is 5.69 Å². The number of azo groups is 1. The van der Waals surface area contributed by atoms with E-state index in [1.54, 1.807) is 0 Å². The summed E-state index contributed by atoms with van der Waals surface area (Å²) in [7, 11) is -10.3. The van der Waals surface area contributed by atoms with Crippen molar-refractivity contribution in [3.8, 4) is 0 Å². The van der Waals surface area contributed by atoms with Gasteiger partial charge >= 0.3 is 118 Å². The Morgan fingerprint density at radius 2 is 1.25 bits per heavy atom. The molecule has 286 valence electrons. The molecule has 3 aromatic rings. The summed E-state index contributed by atoms with van der Waals surface area (Å²) in [5.41, 5.74) is 0.498. The first kappa shape index (κ1) is 54.8. The van der Waals surface area contributed by atoms with Crippen molar-refractivity contribution in [2.24, 2.45) is 15.3 Å². The van der Waals surface area contributed by atoms with Crippen LogP contribution < -0.4 is 139 Å². The summed E-state index contributed by atoms with van der Waals surface area (Å²) >= 11 is 0. The second-order valence-electron chi connectivity index (χ2n) is 11.2. The maximum Gasteiger partial charge on any atom is 1.00 e. The van der Waals surface area contributed by atoms with Crippen LogP contribution in [-0.2, 0) is 39.4 Å². The van der Waals surface area contributed by atoms with Gasteiger partial charge < -0.3 is 24.4 Å². The largest absolute Gasteiger partial charge is 1.00 e. The van der Waals surface area contributed by atoms with Crippen LogP contribution in [0, 0.1) is 0 Å². The molecule has 0 spiro atoms. The number of nitrogens with zero attached hydrogens (tertiary/aromatic N) is 5. The molecule has 0 aliphatic heterocycles. The van der Waals surface area contributed by atoms with Crippen LogP contribution in [-0.4, -0.2) is 76.1 Å². The Hall–Kier alpha value is -3.24. The van der Waals surface area contributed by atoms with E-state index in [0.717, 1.165) is 72.9 Å². The van der Waals surface area contributed by atoms with Crippen LogP contribution in [0.15, 0.2) is 133 Å². The Balaban J connectivity index is 0.00000450. The van der Waals surface area contributed by atoms with E-state index in [1.165, 1.54) is 36.4 Å². The number of nitrogens with one attached hydrogen (secondary N) is 1. The number of hydrogen-bond acceptors (Lipinski definition) is 17. The second-order valence-corrected chi connectivity index (χ2v) is 13.9. The summed E-state index contributed by atoms with van der Waals surface area (Å²) in [5, 5.41) is 54.9. The van der Waals surface area contributed by atoms with Crippen LogP contribution in [0.3, 0.4) is 0 Å². The minimum Gasteiger partial charge on any atom is -0.744 e. The number of ketones is 2. The van der Waals surface area contributed by atoms with Crippen molar-refractivity contribution >= 4 is 90.1 Å². The number of benzene rings is 3. The molecule has 0 unspecified atom stereocenters. The van der Waals surface area contributed by atoms with Crippen molar-refractivity contribution in [2.75, 3.05) is 10.6 Å². The third-order valence-corrected chi connectivity index (χ3v) is 9.22. The van der Waals surface area contributed by atoms with Crippen LogP contribution in [0.1, 0.15) is 11.1 Å². The SMILES string of the molecule is O=C([O-])C1=CC(=NNc2ccc(N=[N+](O)c3ccc(/C=C/c4ccc(N(O)N=C5C=CC(=O)C(C(=O)[O-])=C5)cc4S(=O)(=O)O)c(S(=O)(=O)[O-])c3)cc2)C=CC1=O.[Na+].[Na+].[Na+].[Na+]. The Labute approximate surface area is 428 Å². The van der Waals surface area contributed by atoms with Gasteiger partial charge in [-0.15, -0.1) is 10.3 Å². The molecule has 20 nitrogen and oxygen atoms in total. The van der Waals surface area contributed by atoms with Gasteiger partial charge in [-0.3, -0.25) is 30.0 Å². The van der Waals surface area contributed by atoms with E-state index >= 15 is 0 Å². The zero-order valence-corrected chi connectivity index (χ0v) is 41.4. The first-order valence-corrected chi connectivity index (χ1v) is 18.1. The number of carbonyl (C=O) groups excluding carboxylic acids is 4. The normalized spacial score (nSPS) is 15.2. The fraction of sp³-hybridized carbons (Fsp3) is 0. The van der Waals surface area contributed by atoms with Crippen molar-refractivity contribution in [3.63, 3.8) is 0 Å². The van der Waals surface area contributed by atoms with Crippen LogP contribution in [0.5, 0.6) is 0 Å². The summed E-state index contributed by atoms with van der Waals surface area (Å²) in [6.45, 7) is 0. The third kappa shape index (κ3) is 14.4. The minimum absolute atomic E-state index is 0. The van der Waals surface area contributed by atoms with E-state index in [2.05, 4.69) is 20.7 Å². The number of carboxylic acids is 2. The zero-order chi connectivity index (χ0) is 40.9. The summed E-state index contributed by atoms with van der Waals surface area (Å²) < 4.78 is 71.1. The van der Waals surface area contributed by atoms with Gasteiger partial charge in [0.15, 0.2) is 11.6 Å². The van der Waals surface area contributed by atoms with E-state index in [-0.39, 0.29) is 168 Å². The molecule has 0 aromatic heterocycles. The van der Waals surface area contributed by atoms with Gasteiger partial charge in [-0.05, 0) is 90.0 Å². The topological polar surface area (TPSA) is 322 Å². The first-order valence-electron chi connectivity index (χ1n) is 15.2. The molecule has 26 heteroatoms. The number of aliphatic carboxylic acids is 2. The molecule has 60 heavy (non-hydrogen) atoms. The van der Waals surface area contributed by atoms with Crippen molar-refractivity contribution in [3.05, 3.63) is 119 Å². The molecule has 4 N–H and O–H groups in total. The van der Waals surface area contributed by atoms with Gasteiger partial charge in [0.1, 0.15) is 25.6 Å². The molecule has 0 atom stereocenters. The number of hydrazone groups is 2. The van der Waals surface area contributed by atoms with Crippen LogP contribution in [0.4, 0.5) is 22.7 Å².